The van der Waals surface area contributed by atoms with Crippen LogP contribution in [0.2, 0.25) is 0 Å². The lowest BCUT2D eigenvalue weighted by molar-refractivity contribution is 0.862. The van der Waals surface area contributed by atoms with Crippen molar-refractivity contribution >= 4 is 40.0 Å². The lowest BCUT2D eigenvalue weighted by Gasteiger charge is -2.01. The molecule has 0 spiro atoms. The molecule has 1 aliphatic rings. The molecular formula is C18H16BrN5S. The first-order valence-corrected chi connectivity index (χ1v) is 8.37. The molecule has 0 unspecified atom stereocenters. The van der Waals surface area contributed by atoms with E-state index in [0.29, 0.717) is 11.7 Å². The molecule has 1 aromatic heterocycles. The Hall–Kier alpha value is -2.51. The van der Waals surface area contributed by atoms with E-state index in [-0.39, 0.29) is 17.0 Å². The van der Waals surface area contributed by atoms with Gasteiger partial charge in [-0.05, 0) is 5.56 Å². The van der Waals surface area contributed by atoms with Crippen molar-refractivity contribution in [1.82, 2.24) is 4.57 Å². The minimum absolute atomic E-state index is 0. The molecular weight excluding hydrogens is 398 g/mol. The monoisotopic (exact) mass is 413 g/mol. The zero-order chi connectivity index (χ0) is 16.5. The average molecular weight is 414 g/mol. The lowest BCUT2D eigenvalue weighted by atomic mass is 10.1. The van der Waals surface area contributed by atoms with Gasteiger partial charge in [-0.3, -0.25) is 0 Å². The maximum atomic E-state index is 5.94. The molecule has 126 valence electrons. The number of hydrogen-bond acceptors (Lipinski definition) is 4. The van der Waals surface area contributed by atoms with Gasteiger partial charge in [-0.2, -0.15) is 0 Å². The van der Waals surface area contributed by atoms with Gasteiger partial charge < -0.3 is 10.3 Å². The summed E-state index contributed by atoms with van der Waals surface area (Å²) < 4.78 is 2.03. The van der Waals surface area contributed by atoms with E-state index in [1.807, 2.05) is 54.1 Å². The van der Waals surface area contributed by atoms with E-state index < -0.39 is 0 Å². The molecule has 0 amide bonds. The van der Waals surface area contributed by atoms with E-state index in [0.717, 1.165) is 27.2 Å². The number of rotatable bonds is 2. The molecule has 25 heavy (non-hydrogen) atoms. The number of halogens is 1. The van der Waals surface area contributed by atoms with Crippen LogP contribution in [-0.2, 0) is 7.05 Å². The molecule has 0 atom stereocenters. The minimum Gasteiger partial charge on any atom is -0.383 e. The summed E-state index contributed by atoms with van der Waals surface area (Å²) in [5.41, 5.74) is 10.0. The molecule has 5 nitrogen and oxygen atoms in total. The van der Waals surface area contributed by atoms with Crippen LogP contribution in [0.25, 0.3) is 11.3 Å². The van der Waals surface area contributed by atoms with E-state index >= 15 is 0 Å². The number of nitrogens with zero attached hydrogens (tertiary/aromatic N) is 4. The third-order valence-corrected chi connectivity index (χ3v) is 4.80. The van der Waals surface area contributed by atoms with Crippen LogP contribution in [0, 0.1) is 0 Å². The molecule has 4 rings (SSSR count). The summed E-state index contributed by atoms with van der Waals surface area (Å²) >= 11 is 1.55. The first-order chi connectivity index (χ1) is 11.7. The van der Waals surface area contributed by atoms with Gasteiger partial charge >= 0.3 is 0 Å². The molecule has 0 saturated carbocycles. The van der Waals surface area contributed by atoms with Crippen molar-refractivity contribution in [3.63, 3.8) is 0 Å². The van der Waals surface area contributed by atoms with Crippen LogP contribution in [-0.4, -0.2) is 16.2 Å². The Balaban J connectivity index is 0.00000182. The van der Waals surface area contributed by atoms with Crippen LogP contribution < -0.4 is 10.5 Å². The zero-order valence-corrected chi connectivity index (χ0v) is 16.0. The van der Waals surface area contributed by atoms with E-state index in [2.05, 4.69) is 32.7 Å². The van der Waals surface area contributed by atoms with Crippen LogP contribution in [0.3, 0.4) is 0 Å². The normalized spacial score (nSPS) is 15.0. The highest BCUT2D eigenvalue weighted by atomic mass is 79.9. The second kappa shape index (κ2) is 7.16. The number of benzene rings is 2. The fourth-order valence-corrected chi connectivity index (χ4v) is 3.49. The standard InChI is InChI=1S/C18H15N5S.BrH/c1-23-15(12-7-3-2-4-8-12)11-24-18(23)22-21-17-14-10-6-5-9-13(14)16(19)20-17;/h2-11H,1H3,(H2,19,20,21);1H/b22-18-;. The Bertz CT molecular complexity index is 1030. The summed E-state index contributed by atoms with van der Waals surface area (Å²) in [6.07, 6.45) is 0. The fraction of sp³-hybridized carbons (Fsp3) is 0.0556. The SMILES string of the molecule is Br.Cn1c(-c2ccccc2)cs/c1=N\N=C1/N=C(N)c2ccccc21. The van der Waals surface area contributed by atoms with Gasteiger partial charge in [0.2, 0.25) is 4.80 Å². The van der Waals surface area contributed by atoms with Gasteiger partial charge in [0.05, 0.1) is 5.69 Å². The van der Waals surface area contributed by atoms with Crippen LogP contribution in [0.4, 0.5) is 0 Å². The molecule has 0 saturated heterocycles. The summed E-state index contributed by atoms with van der Waals surface area (Å²) in [6.45, 7) is 0. The van der Waals surface area contributed by atoms with E-state index in [9.17, 15) is 0 Å². The topological polar surface area (TPSA) is 68.0 Å². The molecule has 2 heterocycles. The maximum Gasteiger partial charge on any atom is 0.210 e. The largest absolute Gasteiger partial charge is 0.383 e. The van der Waals surface area contributed by atoms with Crippen LogP contribution in [0.5, 0.6) is 0 Å². The average Bonchev–Trinajstić information content (AvgIpc) is 3.15. The highest BCUT2D eigenvalue weighted by molar-refractivity contribution is 8.93. The van der Waals surface area contributed by atoms with E-state index in [1.54, 1.807) is 11.3 Å². The highest BCUT2D eigenvalue weighted by Gasteiger charge is 2.18. The molecule has 0 bridgehead atoms. The van der Waals surface area contributed by atoms with Gasteiger partial charge in [0, 0.05) is 23.6 Å². The smallest absolute Gasteiger partial charge is 0.210 e. The summed E-state index contributed by atoms with van der Waals surface area (Å²) in [4.78, 5) is 5.12. The number of fused-ring (bicyclic) bond motifs is 1. The summed E-state index contributed by atoms with van der Waals surface area (Å²) in [5.74, 6) is 1.04. The van der Waals surface area contributed by atoms with Crippen molar-refractivity contribution in [3.8, 4) is 11.3 Å². The molecule has 1 aliphatic heterocycles. The predicted molar refractivity (Wildman–Crippen MR) is 108 cm³/mol. The van der Waals surface area contributed by atoms with Gasteiger partial charge in [0.25, 0.3) is 0 Å². The fourth-order valence-electron chi connectivity index (χ4n) is 2.63. The first-order valence-electron chi connectivity index (χ1n) is 7.49. The summed E-state index contributed by atoms with van der Waals surface area (Å²) in [7, 11) is 1.98. The summed E-state index contributed by atoms with van der Waals surface area (Å²) in [5, 5.41) is 10.8. The van der Waals surface area contributed by atoms with E-state index in [1.165, 1.54) is 0 Å². The van der Waals surface area contributed by atoms with Gasteiger partial charge in [0.1, 0.15) is 5.84 Å². The summed E-state index contributed by atoms with van der Waals surface area (Å²) in [6, 6.07) is 18.0. The predicted octanol–water partition coefficient (Wildman–Crippen LogP) is 3.31. The molecule has 3 aromatic rings. The Morgan fingerprint density at radius 2 is 1.64 bits per heavy atom. The molecule has 2 N–H and O–H groups in total. The van der Waals surface area contributed by atoms with Crippen LogP contribution >= 0.6 is 28.3 Å². The first kappa shape index (κ1) is 17.3. The molecule has 2 aromatic carbocycles. The number of hydrogen-bond donors (Lipinski definition) is 1. The third kappa shape index (κ3) is 3.20. The van der Waals surface area contributed by atoms with Gasteiger partial charge in [0.15, 0.2) is 5.84 Å². The van der Waals surface area contributed by atoms with Gasteiger partial charge in [-0.1, -0.05) is 54.6 Å². The van der Waals surface area contributed by atoms with E-state index in [4.69, 9.17) is 5.73 Å². The highest BCUT2D eigenvalue weighted by Crippen LogP contribution is 2.19. The Morgan fingerprint density at radius 1 is 0.960 bits per heavy atom. The minimum atomic E-state index is 0. The quantitative estimate of drug-likeness (QED) is 0.643. The van der Waals surface area contributed by atoms with Crippen molar-refractivity contribution in [2.75, 3.05) is 0 Å². The van der Waals surface area contributed by atoms with Crippen molar-refractivity contribution in [1.29, 1.82) is 0 Å². The van der Waals surface area contributed by atoms with Crippen molar-refractivity contribution in [3.05, 3.63) is 75.9 Å². The van der Waals surface area contributed by atoms with Crippen LogP contribution in [0.1, 0.15) is 11.1 Å². The molecule has 0 radical (unpaired) electrons. The number of nitrogens with two attached hydrogens (primary N) is 1. The third-order valence-electron chi connectivity index (χ3n) is 3.89. The number of aromatic nitrogens is 1. The van der Waals surface area contributed by atoms with Gasteiger partial charge in [-0.25, -0.2) is 4.99 Å². The maximum absolute atomic E-state index is 5.94. The Labute approximate surface area is 159 Å². The van der Waals surface area contributed by atoms with Gasteiger partial charge in [-0.15, -0.1) is 38.5 Å². The zero-order valence-electron chi connectivity index (χ0n) is 13.5. The number of aliphatic imine (C=N–C) groups is 1. The van der Waals surface area contributed by atoms with Crippen molar-refractivity contribution in [2.24, 2.45) is 28.0 Å². The lowest BCUT2D eigenvalue weighted by Crippen LogP contribution is -2.11. The van der Waals surface area contributed by atoms with Crippen molar-refractivity contribution in [2.45, 2.75) is 0 Å². The number of thiazole rings is 1. The Kier molecular flexibility index (Phi) is 4.96. The molecule has 7 heteroatoms. The van der Waals surface area contributed by atoms with Crippen LogP contribution in [0.15, 0.2) is 75.2 Å². The Morgan fingerprint density at radius 3 is 2.40 bits per heavy atom. The van der Waals surface area contributed by atoms with Crippen molar-refractivity contribution < 1.29 is 0 Å². The second-order valence-electron chi connectivity index (χ2n) is 5.39. The number of amidine groups is 2. The second-order valence-corrected chi connectivity index (χ2v) is 6.23. The molecule has 0 aliphatic carbocycles. The molecule has 0 fully saturated rings.